The van der Waals surface area contributed by atoms with Crippen molar-refractivity contribution in [3.05, 3.63) is 22.1 Å². The van der Waals surface area contributed by atoms with Crippen molar-refractivity contribution in [2.24, 2.45) is 5.92 Å². The zero-order valence-corrected chi connectivity index (χ0v) is 14.1. The molecule has 0 amide bonds. The molecule has 0 aromatic heterocycles. The molecule has 0 radical (unpaired) electrons. The second-order valence-corrected chi connectivity index (χ2v) is 27.3. The zero-order chi connectivity index (χ0) is 11.9. The van der Waals surface area contributed by atoms with Gasteiger partial charge in [-0.1, -0.05) is 0 Å². The fourth-order valence-electron chi connectivity index (χ4n) is 2.43. The van der Waals surface area contributed by atoms with Crippen LogP contribution in [0.25, 0.3) is 0 Å². The van der Waals surface area contributed by atoms with Gasteiger partial charge in [0.05, 0.1) is 0 Å². The van der Waals surface area contributed by atoms with E-state index >= 15 is 0 Å². The van der Waals surface area contributed by atoms with E-state index in [0.717, 1.165) is 5.92 Å². The van der Waals surface area contributed by atoms with E-state index in [-0.39, 0.29) is 0 Å². The summed E-state index contributed by atoms with van der Waals surface area (Å²) in [5.74, 6) is 0.777. The minimum atomic E-state index is -2.21. The number of rotatable bonds is 3. The molecular formula is C13H27SiTi. The number of allylic oxidation sites excluding steroid dienone is 4. The summed E-state index contributed by atoms with van der Waals surface area (Å²) < 4.78 is 1.80. The van der Waals surface area contributed by atoms with Crippen LogP contribution in [0.1, 0.15) is 0 Å². The van der Waals surface area contributed by atoms with Gasteiger partial charge in [-0.25, -0.2) is 0 Å². The molecule has 0 spiro atoms. The predicted octanol–water partition coefficient (Wildman–Crippen LogP) is 5.28. The van der Waals surface area contributed by atoms with Crippen molar-refractivity contribution >= 4 is 8.07 Å². The molecule has 0 aliphatic heterocycles. The van der Waals surface area contributed by atoms with E-state index in [1.165, 1.54) is 6.04 Å². The molecule has 0 saturated carbocycles. The predicted molar refractivity (Wildman–Crippen MR) is 72.3 cm³/mol. The van der Waals surface area contributed by atoms with Crippen molar-refractivity contribution in [1.82, 2.24) is 0 Å². The summed E-state index contributed by atoms with van der Waals surface area (Å²) in [5, 5.41) is 10.1. The van der Waals surface area contributed by atoms with Crippen LogP contribution >= 0.6 is 0 Å². The Balaban J connectivity index is 2.87. The van der Waals surface area contributed by atoms with Crippen LogP contribution in [0.3, 0.4) is 0 Å². The number of hydrogen-bond acceptors (Lipinski definition) is 0. The van der Waals surface area contributed by atoms with Gasteiger partial charge >= 0.3 is 98.0 Å². The summed E-state index contributed by atoms with van der Waals surface area (Å²) in [4.78, 5) is 0. The molecule has 15 heavy (non-hydrogen) atoms. The van der Waals surface area contributed by atoms with Gasteiger partial charge in [-0.3, -0.25) is 0 Å². The van der Waals surface area contributed by atoms with Gasteiger partial charge in [0.1, 0.15) is 0 Å². The van der Waals surface area contributed by atoms with Gasteiger partial charge in [-0.2, -0.15) is 0 Å². The van der Waals surface area contributed by atoms with Crippen LogP contribution in [0.15, 0.2) is 22.1 Å². The molecule has 2 heteroatoms. The fourth-order valence-corrected chi connectivity index (χ4v) is 8.24. The second kappa shape index (κ2) is 3.72. The zero-order valence-electron chi connectivity index (χ0n) is 11.5. The van der Waals surface area contributed by atoms with Gasteiger partial charge in [0.25, 0.3) is 0 Å². The minimum absolute atomic E-state index is 0.777. The Hall–Kier alpha value is 0.411. The van der Waals surface area contributed by atoms with Gasteiger partial charge in [0.15, 0.2) is 0 Å². The molecule has 0 fully saturated rings. The average Bonchev–Trinajstić information content (AvgIpc) is 2.27. The van der Waals surface area contributed by atoms with Gasteiger partial charge in [0, 0.05) is 0 Å². The van der Waals surface area contributed by atoms with E-state index in [1.807, 2.05) is 0 Å². The van der Waals surface area contributed by atoms with Gasteiger partial charge in [-0.15, -0.1) is 0 Å². The molecule has 1 unspecified atom stereocenters. The van der Waals surface area contributed by atoms with Crippen molar-refractivity contribution in [2.45, 2.75) is 46.6 Å². The second-order valence-electron chi connectivity index (χ2n) is 8.38. The quantitative estimate of drug-likeness (QED) is 0.605. The van der Waals surface area contributed by atoms with Crippen LogP contribution in [0.5, 0.6) is 0 Å². The Kier molecular flexibility index (Phi) is 3.34. The standard InChI is InChI=1S/C9H15Si.4CH3.Ti/c1-10(2,3)8-9-6-4-5-7-9;;;;;/h4-6,9H,8H2,1-3H3;4*1H3;. The Labute approximate surface area is 97.7 Å². The Morgan fingerprint density at radius 1 is 1.13 bits per heavy atom. The summed E-state index contributed by atoms with van der Waals surface area (Å²) >= 11 is -2.21. The van der Waals surface area contributed by atoms with Crippen molar-refractivity contribution in [1.29, 1.82) is 0 Å². The molecule has 0 N–H and O–H groups in total. The molecule has 1 aliphatic rings. The first-order chi connectivity index (χ1) is 6.46. The molecule has 1 atom stereocenters. The van der Waals surface area contributed by atoms with E-state index < -0.39 is 23.4 Å². The topological polar surface area (TPSA) is 0 Å². The average molecular weight is 259 g/mol. The SMILES string of the molecule is C[Si](C)(C)CC1C=CC=[C]1[Ti]([CH3])([CH3])([CH3])[CH3]. The first kappa shape index (κ1) is 13.5. The molecule has 87 valence electrons. The van der Waals surface area contributed by atoms with Crippen LogP contribution in [0.4, 0.5) is 0 Å². The van der Waals surface area contributed by atoms with Crippen molar-refractivity contribution < 1.29 is 15.3 Å². The molecule has 1 rings (SSSR count). The fraction of sp³-hybridized carbons (Fsp3) is 0.692. The summed E-state index contributed by atoms with van der Waals surface area (Å²) in [6, 6.07) is 1.43. The van der Waals surface area contributed by atoms with Gasteiger partial charge in [-0.05, 0) is 0 Å². The van der Waals surface area contributed by atoms with E-state index in [2.05, 4.69) is 58.8 Å². The third kappa shape index (κ3) is 4.05. The Morgan fingerprint density at radius 2 is 1.67 bits per heavy atom. The molecule has 0 heterocycles. The van der Waals surface area contributed by atoms with Gasteiger partial charge in [0.2, 0.25) is 0 Å². The molecule has 0 saturated heterocycles. The monoisotopic (exact) mass is 259 g/mol. The van der Waals surface area contributed by atoms with Crippen LogP contribution < -0.4 is 0 Å². The molecule has 0 aromatic rings. The summed E-state index contributed by atoms with van der Waals surface area (Å²) in [6.45, 7) is 7.44. The maximum atomic E-state index is 2.53. The van der Waals surface area contributed by atoms with Gasteiger partial charge < -0.3 is 0 Å². The first-order valence-corrected chi connectivity index (χ1v) is 16.8. The van der Waals surface area contributed by atoms with Crippen LogP contribution in [-0.2, 0) is 15.3 Å². The maximum absolute atomic E-state index is 2.53. The number of hydrogen-bond donors (Lipinski definition) is 0. The molecule has 0 bridgehead atoms. The van der Waals surface area contributed by atoms with Crippen molar-refractivity contribution in [3.8, 4) is 0 Å². The molecular weight excluding hydrogens is 232 g/mol. The third-order valence-corrected chi connectivity index (χ3v) is 9.12. The molecule has 1 aliphatic carbocycles. The Morgan fingerprint density at radius 3 is 2.07 bits per heavy atom. The first-order valence-electron chi connectivity index (χ1n) is 6.09. The summed E-state index contributed by atoms with van der Waals surface area (Å²) in [7, 11) is -0.937. The van der Waals surface area contributed by atoms with E-state index in [9.17, 15) is 0 Å². The van der Waals surface area contributed by atoms with Crippen molar-refractivity contribution in [2.75, 3.05) is 0 Å². The summed E-state index contributed by atoms with van der Waals surface area (Å²) in [5.41, 5.74) is 0. The van der Waals surface area contributed by atoms with E-state index in [0.29, 0.717) is 0 Å². The van der Waals surface area contributed by atoms with Crippen LogP contribution in [0.2, 0.25) is 46.6 Å². The molecule has 0 nitrogen and oxygen atoms in total. The van der Waals surface area contributed by atoms with Crippen molar-refractivity contribution in [3.63, 3.8) is 0 Å². The Bertz CT molecular complexity index is 300. The summed E-state index contributed by atoms with van der Waals surface area (Å²) in [6.07, 6.45) is 7.15. The molecule has 0 aromatic carbocycles. The van der Waals surface area contributed by atoms with Crippen LogP contribution in [0, 0.1) is 5.92 Å². The third-order valence-electron chi connectivity index (χ3n) is 3.01. The normalized spacial score (nSPS) is 24.9. The van der Waals surface area contributed by atoms with E-state index in [4.69, 9.17) is 0 Å². The van der Waals surface area contributed by atoms with E-state index in [1.54, 1.807) is 3.88 Å². The van der Waals surface area contributed by atoms with Crippen LogP contribution in [-0.4, -0.2) is 8.07 Å².